The number of benzene rings is 2. The fourth-order valence-corrected chi connectivity index (χ4v) is 3.54. The zero-order valence-electron chi connectivity index (χ0n) is 12.1. The van der Waals surface area contributed by atoms with Gasteiger partial charge in [-0.15, -0.1) is 0 Å². The van der Waals surface area contributed by atoms with Crippen LogP contribution in [0.25, 0.3) is 11.1 Å². The molecule has 1 heterocycles. The fraction of sp³-hybridized carbons (Fsp3) is 0.133. The summed E-state index contributed by atoms with van der Waals surface area (Å²) in [4.78, 5) is 3.95. The van der Waals surface area contributed by atoms with Crippen LogP contribution < -0.4 is 10.0 Å². The first-order valence-electron chi connectivity index (χ1n) is 6.85. The lowest BCUT2D eigenvalue weighted by Gasteiger charge is -2.24. The van der Waals surface area contributed by atoms with Gasteiger partial charge >= 0.3 is 0 Å². The lowest BCUT2D eigenvalue weighted by Crippen LogP contribution is -2.41. The maximum Gasteiger partial charge on any atom is 0.266 e. The third-order valence-corrected chi connectivity index (χ3v) is 4.71. The maximum atomic E-state index is 14.1. The highest BCUT2D eigenvalue weighted by atomic mass is 32.2. The van der Waals surface area contributed by atoms with Crippen LogP contribution in [0.1, 0.15) is 6.92 Å². The molecule has 2 N–H and O–H groups in total. The van der Waals surface area contributed by atoms with Gasteiger partial charge in [-0.05, 0) is 31.2 Å². The molecule has 0 bridgehead atoms. The fourth-order valence-electron chi connectivity index (χ4n) is 2.37. The number of anilines is 1. The molecule has 2 aromatic carbocycles. The van der Waals surface area contributed by atoms with Crippen LogP contribution >= 0.6 is 0 Å². The Morgan fingerprint density at radius 3 is 2.65 bits per heavy atom. The SMILES string of the molecule is CCN=C1Nc2c(-c3cc(F)ccc3F)cccc2S(=O)(=O)N1. The summed E-state index contributed by atoms with van der Waals surface area (Å²) < 4.78 is 54.4. The highest BCUT2D eigenvalue weighted by Gasteiger charge is 2.29. The van der Waals surface area contributed by atoms with Gasteiger partial charge in [-0.3, -0.25) is 4.99 Å². The third kappa shape index (κ3) is 2.77. The van der Waals surface area contributed by atoms with E-state index in [-0.39, 0.29) is 27.7 Å². The van der Waals surface area contributed by atoms with E-state index in [9.17, 15) is 17.2 Å². The minimum atomic E-state index is -3.83. The van der Waals surface area contributed by atoms with E-state index in [1.165, 1.54) is 18.2 Å². The summed E-state index contributed by atoms with van der Waals surface area (Å²) in [6.45, 7) is 2.10. The molecule has 0 spiro atoms. The van der Waals surface area contributed by atoms with Gasteiger partial charge < -0.3 is 5.32 Å². The van der Waals surface area contributed by atoms with E-state index in [1.807, 2.05) is 0 Å². The van der Waals surface area contributed by atoms with Crippen molar-refractivity contribution < 1.29 is 17.2 Å². The van der Waals surface area contributed by atoms with Gasteiger partial charge in [0, 0.05) is 17.7 Å². The summed E-state index contributed by atoms with van der Waals surface area (Å²) >= 11 is 0. The summed E-state index contributed by atoms with van der Waals surface area (Å²) in [6.07, 6.45) is 0. The molecule has 23 heavy (non-hydrogen) atoms. The quantitative estimate of drug-likeness (QED) is 0.885. The third-order valence-electron chi connectivity index (χ3n) is 3.32. The molecule has 0 aliphatic carbocycles. The molecular weight excluding hydrogens is 324 g/mol. The number of hydrogen-bond acceptors (Lipinski definition) is 3. The summed E-state index contributed by atoms with van der Waals surface area (Å²) in [7, 11) is -3.83. The van der Waals surface area contributed by atoms with Gasteiger partial charge in [0.1, 0.15) is 16.5 Å². The van der Waals surface area contributed by atoms with Crippen LogP contribution in [0, 0.1) is 11.6 Å². The molecule has 0 fully saturated rings. The number of halogens is 2. The van der Waals surface area contributed by atoms with E-state index in [4.69, 9.17) is 0 Å². The van der Waals surface area contributed by atoms with Crippen LogP contribution in [0.3, 0.4) is 0 Å². The van der Waals surface area contributed by atoms with E-state index in [1.54, 1.807) is 6.92 Å². The van der Waals surface area contributed by atoms with Crippen molar-refractivity contribution in [2.45, 2.75) is 11.8 Å². The monoisotopic (exact) mass is 337 g/mol. The average Bonchev–Trinajstić information content (AvgIpc) is 2.49. The number of nitrogens with one attached hydrogen (secondary N) is 2. The maximum absolute atomic E-state index is 14.1. The Morgan fingerprint density at radius 1 is 1.13 bits per heavy atom. The van der Waals surface area contributed by atoms with Crippen LogP contribution in [-0.2, 0) is 10.0 Å². The van der Waals surface area contributed by atoms with Crippen molar-refractivity contribution in [3.8, 4) is 11.1 Å². The highest BCUT2D eigenvalue weighted by molar-refractivity contribution is 7.90. The van der Waals surface area contributed by atoms with Gasteiger partial charge in [0.05, 0.1) is 5.69 Å². The van der Waals surface area contributed by atoms with Gasteiger partial charge in [0.25, 0.3) is 10.0 Å². The molecule has 0 atom stereocenters. The molecular formula is C15H13F2N3O2S. The molecule has 0 unspecified atom stereocenters. The summed E-state index contributed by atoms with van der Waals surface area (Å²) in [5, 5.41) is 2.84. The van der Waals surface area contributed by atoms with Crippen molar-refractivity contribution in [3.05, 3.63) is 48.0 Å². The number of fused-ring (bicyclic) bond motifs is 1. The molecule has 5 nitrogen and oxygen atoms in total. The number of sulfonamides is 1. The molecule has 1 aliphatic heterocycles. The molecule has 0 aromatic heterocycles. The Labute approximate surface area is 132 Å². The topological polar surface area (TPSA) is 70.6 Å². The van der Waals surface area contributed by atoms with E-state index in [0.29, 0.717) is 6.54 Å². The normalized spacial score (nSPS) is 17.3. The molecule has 0 radical (unpaired) electrons. The first-order valence-corrected chi connectivity index (χ1v) is 8.33. The van der Waals surface area contributed by atoms with Crippen molar-refractivity contribution in [1.29, 1.82) is 0 Å². The summed E-state index contributed by atoms with van der Waals surface area (Å²) in [5.41, 5.74) is 0.388. The van der Waals surface area contributed by atoms with Crippen LogP contribution in [0.5, 0.6) is 0 Å². The standard InChI is InChI=1S/C15H13F2N3O2S/c1-2-18-15-19-14-10(11-8-9(16)6-7-12(11)17)4-3-5-13(14)23(21,22)20-15/h3-8H,2H2,1H3,(H2,18,19,20). The number of hydrogen-bond donors (Lipinski definition) is 2. The average molecular weight is 337 g/mol. The minimum absolute atomic E-state index is 0.0256. The number of aliphatic imine (C=N–C) groups is 1. The molecule has 120 valence electrons. The largest absolute Gasteiger partial charge is 0.324 e. The second kappa shape index (κ2) is 5.62. The molecule has 1 aliphatic rings. The predicted octanol–water partition coefficient (Wildman–Crippen LogP) is 2.71. The molecule has 0 amide bonds. The van der Waals surface area contributed by atoms with E-state index in [0.717, 1.165) is 18.2 Å². The molecule has 2 aromatic rings. The van der Waals surface area contributed by atoms with Crippen LogP contribution in [0.2, 0.25) is 0 Å². The van der Waals surface area contributed by atoms with Gasteiger partial charge in [-0.25, -0.2) is 21.9 Å². The molecule has 8 heteroatoms. The predicted molar refractivity (Wildman–Crippen MR) is 83.7 cm³/mol. The Hall–Kier alpha value is -2.48. The van der Waals surface area contributed by atoms with Gasteiger partial charge in [-0.2, -0.15) is 0 Å². The summed E-state index contributed by atoms with van der Waals surface area (Å²) in [6, 6.07) is 7.41. The first-order chi connectivity index (χ1) is 10.9. The lowest BCUT2D eigenvalue weighted by atomic mass is 10.0. The van der Waals surface area contributed by atoms with E-state index < -0.39 is 21.7 Å². The Bertz CT molecular complexity index is 911. The van der Waals surface area contributed by atoms with Crippen molar-refractivity contribution in [2.24, 2.45) is 4.99 Å². The molecule has 3 rings (SSSR count). The molecule has 0 saturated carbocycles. The highest BCUT2D eigenvalue weighted by Crippen LogP contribution is 2.36. The second-order valence-corrected chi connectivity index (χ2v) is 6.51. The van der Waals surface area contributed by atoms with Gasteiger partial charge in [0.15, 0.2) is 0 Å². The van der Waals surface area contributed by atoms with Gasteiger partial charge in [0.2, 0.25) is 5.96 Å². The summed E-state index contributed by atoms with van der Waals surface area (Å²) in [5.74, 6) is -1.21. The molecule has 0 saturated heterocycles. The van der Waals surface area contributed by atoms with Crippen molar-refractivity contribution in [3.63, 3.8) is 0 Å². The zero-order valence-corrected chi connectivity index (χ0v) is 12.9. The van der Waals surface area contributed by atoms with E-state index in [2.05, 4.69) is 15.0 Å². The number of rotatable bonds is 2. The zero-order chi connectivity index (χ0) is 16.6. The number of nitrogens with zero attached hydrogens (tertiary/aromatic N) is 1. The Morgan fingerprint density at radius 2 is 1.91 bits per heavy atom. The smallest absolute Gasteiger partial charge is 0.266 e. The van der Waals surface area contributed by atoms with Crippen LogP contribution in [0.15, 0.2) is 46.3 Å². The van der Waals surface area contributed by atoms with Crippen molar-refractivity contribution in [2.75, 3.05) is 11.9 Å². The van der Waals surface area contributed by atoms with Crippen LogP contribution in [0.4, 0.5) is 14.5 Å². The number of para-hydroxylation sites is 1. The van der Waals surface area contributed by atoms with Crippen molar-refractivity contribution in [1.82, 2.24) is 4.72 Å². The van der Waals surface area contributed by atoms with Gasteiger partial charge in [-0.1, -0.05) is 12.1 Å². The van der Waals surface area contributed by atoms with Crippen LogP contribution in [-0.4, -0.2) is 20.9 Å². The first kappa shape index (κ1) is 15.4. The Balaban J connectivity index is 2.27. The number of guanidine groups is 1. The Kier molecular flexibility index (Phi) is 3.77. The van der Waals surface area contributed by atoms with E-state index >= 15 is 0 Å². The van der Waals surface area contributed by atoms with Crippen molar-refractivity contribution >= 4 is 21.7 Å². The lowest BCUT2D eigenvalue weighted by molar-refractivity contribution is 0.591. The minimum Gasteiger partial charge on any atom is -0.324 e. The second-order valence-electron chi connectivity index (χ2n) is 4.86.